The smallest absolute Gasteiger partial charge is 0.326 e. The molecule has 0 amide bonds. The topological polar surface area (TPSA) is 46.5 Å². The van der Waals surface area contributed by atoms with Crippen molar-refractivity contribution in [3.8, 4) is 5.75 Å². The number of alkyl halides is 1. The van der Waals surface area contributed by atoms with Crippen LogP contribution >= 0.6 is 11.6 Å². The van der Waals surface area contributed by atoms with Gasteiger partial charge in [0, 0.05) is 5.56 Å². The van der Waals surface area contributed by atoms with Gasteiger partial charge in [0.1, 0.15) is 5.75 Å². The van der Waals surface area contributed by atoms with E-state index >= 15 is 0 Å². The van der Waals surface area contributed by atoms with Crippen molar-refractivity contribution in [3.05, 3.63) is 28.8 Å². The van der Waals surface area contributed by atoms with E-state index < -0.39 is 11.3 Å². The van der Waals surface area contributed by atoms with Gasteiger partial charge < -0.3 is 9.84 Å². The van der Waals surface area contributed by atoms with Gasteiger partial charge in [-0.1, -0.05) is 17.7 Å². The molecule has 82 valence electrons. The van der Waals surface area contributed by atoms with E-state index in [0.717, 1.165) is 11.1 Å². The highest BCUT2D eigenvalue weighted by Gasteiger charge is 2.21. The van der Waals surface area contributed by atoms with Crippen molar-refractivity contribution >= 4 is 17.6 Å². The number of aliphatic carboxylic acids is 1. The van der Waals surface area contributed by atoms with Gasteiger partial charge in [0.25, 0.3) is 0 Å². The van der Waals surface area contributed by atoms with Crippen molar-refractivity contribution in [2.75, 3.05) is 7.11 Å². The van der Waals surface area contributed by atoms with Gasteiger partial charge in [0.15, 0.2) is 5.38 Å². The highest BCUT2D eigenvalue weighted by molar-refractivity contribution is 6.29. The van der Waals surface area contributed by atoms with Crippen molar-refractivity contribution in [1.29, 1.82) is 0 Å². The molecule has 0 heterocycles. The fourth-order valence-electron chi connectivity index (χ4n) is 1.59. The number of hydrogen-bond acceptors (Lipinski definition) is 2. The van der Waals surface area contributed by atoms with E-state index in [-0.39, 0.29) is 0 Å². The summed E-state index contributed by atoms with van der Waals surface area (Å²) in [5, 5.41) is 7.78. The third kappa shape index (κ3) is 2.42. The number of methoxy groups -OCH3 is 1. The van der Waals surface area contributed by atoms with Crippen LogP contribution in [0.4, 0.5) is 0 Å². The summed E-state index contributed by atoms with van der Waals surface area (Å²) in [5.41, 5.74) is 2.36. The molecule has 3 nitrogen and oxygen atoms in total. The van der Waals surface area contributed by atoms with E-state index in [9.17, 15) is 4.79 Å². The summed E-state index contributed by atoms with van der Waals surface area (Å²) in [6.07, 6.45) is 0. The van der Waals surface area contributed by atoms with Crippen LogP contribution in [-0.4, -0.2) is 18.2 Å². The van der Waals surface area contributed by atoms with Crippen molar-refractivity contribution in [3.63, 3.8) is 0 Å². The molecule has 1 aromatic carbocycles. The van der Waals surface area contributed by atoms with Crippen LogP contribution in [-0.2, 0) is 4.79 Å². The molecule has 0 saturated carbocycles. The van der Waals surface area contributed by atoms with E-state index in [2.05, 4.69) is 0 Å². The summed E-state index contributed by atoms with van der Waals surface area (Å²) in [7, 11) is 1.51. The summed E-state index contributed by atoms with van der Waals surface area (Å²) < 4.78 is 5.15. The molecule has 0 aliphatic rings. The Morgan fingerprint density at radius 3 is 2.53 bits per heavy atom. The first-order valence-electron chi connectivity index (χ1n) is 4.49. The van der Waals surface area contributed by atoms with E-state index in [4.69, 9.17) is 21.4 Å². The second-order valence-electron chi connectivity index (χ2n) is 3.41. The molecule has 1 unspecified atom stereocenters. The average Bonchev–Trinajstić information content (AvgIpc) is 2.15. The van der Waals surface area contributed by atoms with Gasteiger partial charge in [-0.05, 0) is 19.4 Å². The second kappa shape index (κ2) is 4.53. The minimum absolute atomic E-state index is 0.504. The van der Waals surface area contributed by atoms with Crippen LogP contribution in [0.2, 0.25) is 0 Å². The lowest BCUT2D eigenvalue weighted by Crippen LogP contribution is -2.07. The summed E-state index contributed by atoms with van der Waals surface area (Å²) in [5.74, 6) is -0.525. The molecule has 0 aromatic heterocycles. The van der Waals surface area contributed by atoms with Gasteiger partial charge in [-0.15, -0.1) is 11.6 Å². The monoisotopic (exact) mass is 228 g/mol. The first-order valence-corrected chi connectivity index (χ1v) is 4.93. The molecule has 0 fully saturated rings. The number of carboxylic acid groups (broad SMARTS) is 1. The maximum atomic E-state index is 10.8. The summed E-state index contributed by atoms with van der Waals surface area (Å²) in [4.78, 5) is 10.8. The van der Waals surface area contributed by atoms with E-state index in [1.54, 1.807) is 6.07 Å². The van der Waals surface area contributed by atoms with E-state index in [1.165, 1.54) is 7.11 Å². The van der Waals surface area contributed by atoms with Gasteiger partial charge >= 0.3 is 5.97 Å². The van der Waals surface area contributed by atoms with Gasteiger partial charge in [-0.25, -0.2) is 0 Å². The van der Waals surface area contributed by atoms with Crippen LogP contribution in [0.1, 0.15) is 22.1 Å². The second-order valence-corrected chi connectivity index (χ2v) is 3.84. The standard InChI is InChI=1S/C11H13ClO3/c1-6-4-7(2)10(15-3)8(5-6)9(12)11(13)14/h4-5,9H,1-3H3,(H,13,14). The average molecular weight is 229 g/mol. The van der Waals surface area contributed by atoms with E-state index in [0.29, 0.717) is 11.3 Å². The zero-order chi connectivity index (χ0) is 11.6. The number of hydrogen-bond donors (Lipinski definition) is 1. The molecule has 15 heavy (non-hydrogen) atoms. The lowest BCUT2D eigenvalue weighted by atomic mass is 10.0. The molecular formula is C11H13ClO3. The van der Waals surface area contributed by atoms with Crippen molar-refractivity contribution in [2.24, 2.45) is 0 Å². The lowest BCUT2D eigenvalue weighted by Gasteiger charge is -2.14. The first kappa shape index (κ1) is 11.9. The summed E-state index contributed by atoms with van der Waals surface area (Å²) >= 11 is 5.79. The van der Waals surface area contributed by atoms with Crippen LogP contribution in [0.5, 0.6) is 5.75 Å². The van der Waals surface area contributed by atoms with Crippen LogP contribution < -0.4 is 4.74 Å². The molecule has 0 saturated heterocycles. The van der Waals surface area contributed by atoms with Crippen LogP contribution in [0, 0.1) is 13.8 Å². The third-order valence-electron chi connectivity index (χ3n) is 2.14. The highest BCUT2D eigenvalue weighted by atomic mass is 35.5. The molecule has 0 spiro atoms. The number of benzene rings is 1. The minimum atomic E-state index is -1.07. The molecule has 1 atom stereocenters. The zero-order valence-electron chi connectivity index (χ0n) is 8.87. The lowest BCUT2D eigenvalue weighted by molar-refractivity contribution is -0.136. The number of rotatable bonds is 3. The van der Waals surface area contributed by atoms with Crippen LogP contribution in [0.25, 0.3) is 0 Å². The van der Waals surface area contributed by atoms with Crippen LogP contribution in [0.15, 0.2) is 12.1 Å². The zero-order valence-corrected chi connectivity index (χ0v) is 9.63. The highest BCUT2D eigenvalue weighted by Crippen LogP contribution is 2.33. The molecule has 1 N–H and O–H groups in total. The van der Waals surface area contributed by atoms with Crippen molar-refractivity contribution < 1.29 is 14.6 Å². The normalized spacial score (nSPS) is 12.3. The van der Waals surface area contributed by atoms with E-state index in [1.807, 2.05) is 19.9 Å². The predicted molar refractivity (Wildman–Crippen MR) is 58.7 cm³/mol. The number of carbonyl (C=O) groups is 1. The summed E-state index contributed by atoms with van der Waals surface area (Å²) in [6, 6.07) is 3.66. The Morgan fingerprint density at radius 2 is 2.07 bits per heavy atom. The predicted octanol–water partition coefficient (Wildman–Crippen LogP) is 2.68. The van der Waals surface area contributed by atoms with Gasteiger partial charge in [-0.2, -0.15) is 0 Å². The van der Waals surface area contributed by atoms with Crippen molar-refractivity contribution in [2.45, 2.75) is 19.2 Å². The van der Waals surface area contributed by atoms with Crippen LogP contribution in [0.3, 0.4) is 0 Å². The largest absolute Gasteiger partial charge is 0.496 e. The Labute approximate surface area is 93.6 Å². The SMILES string of the molecule is COc1c(C)cc(C)cc1C(Cl)C(=O)O. The molecule has 4 heteroatoms. The number of halogens is 1. The molecular weight excluding hydrogens is 216 g/mol. The third-order valence-corrected chi connectivity index (χ3v) is 2.56. The Hall–Kier alpha value is -1.22. The first-order chi connectivity index (χ1) is 6.97. The molecule has 1 aromatic rings. The fraction of sp³-hybridized carbons (Fsp3) is 0.364. The number of aryl methyl sites for hydroxylation is 2. The molecule has 1 rings (SSSR count). The maximum absolute atomic E-state index is 10.8. The fourth-order valence-corrected chi connectivity index (χ4v) is 1.75. The van der Waals surface area contributed by atoms with Gasteiger partial charge in [0.05, 0.1) is 7.11 Å². The summed E-state index contributed by atoms with van der Waals surface area (Å²) in [6.45, 7) is 3.75. The number of carboxylic acids is 1. The quantitative estimate of drug-likeness (QED) is 0.810. The Bertz CT molecular complexity index is 388. The Kier molecular flexibility index (Phi) is 3.58. The molecule has 0 bridgehead atoms. The molecule has 0 aliphatic heterocycles. The maximum Gasteiger partial charge on any atom is 0.326 e. The Balaban J connectivity index is 3.32. The minimum Gasteiger partial charge on any atom is -0.496 e. The van der Waals surface area contributed by atoms with Gasteiger partial charge in [0.2, 0.25) is 0 Å². The molecule has 0 aliphatic carbocycles. The number of ether oxygens (including phenoxy) is 1. The Morgan fingerprint density at radius 1 is 1.47 bits per heavy atom. The molecule has 0 radical (unpaired) electrons. The van der Waals surface area contributed by atoms with Gasteiger partial charge in [-0.3, -0.25) is 4.79 Å². The van der Waals surface area contributed by atoms with Crippen molar-refractivity contribution in [1.82, 2.24) is 0 Å².